The van der Waals surface area contributed by atoms with Crippen LogP contribution in [0.3, 0.4) is 0 Å². The van der Waals surface area contributed by atoms with Crippen molar-refractivity contribution >= 4 is 5.78 Å². The van der Waals surface area contributed by atoms with Crippen molar-refractivity contribution < 1.29 is 4.79 Å². The molecule has 11 heavy (non-hydrogen) atoms. The third-order valence-electron chi connectivity index (χ3n) is 3.70. The van der Waals surface area contributed by atoms with E-state index in [1.54, 1.807) is 0 Å². The molecule has 0 aliphatic heterocycles. The van der Waals surface area contributed by atoms with Gasteiger partial charge in [0, 0.05) is 5.92 Å². The summed E-state index contributed by atoms with van der Waals surface area (Å²) in [4.78, 5) is 11.5. The Balaban J connectivity index is 2.08. The molecule has 0 spiro atoms. The molecule has 1 heteroatoms. The molecule has 0 radical (unpaired) electrons. The molecule has 3 rings (SSSR count). The number of allylic oxidation sites excluding steroid dienone is 2. The van der Waals surface area contributed by atoms with Gasteiger partial charge in [-0.25, -0.2) is 0 Å². The Morgan fingerprint density at radius 2 is 2.18 bits per heavy atom. The van der Waals surface area contributed by atoms with Crippen molar-refractivity contribution in [1.29, 1.82) is 0 Å². The summed E-state index contributed by atoms with van der Waals surface area (Å²) in [5.41, 5.74) is 1.21. The molecule has 0 heterocycles. The van der Waals surface area contributed by atoms with Gasteiger partial charge in [0.1, 0.15) is 0 Å². The second kappa shape index (κ2) is 1.77. The van der Waals surface area contributed by atoms with E-state index in [-0.39, 0.29) is 0 Å². The zero-order valence-corrected chi connectivity index (χ0v) is 6.55. The molecule has 1 nitrogen and oxygen atoms in total. The Morgan fingerprint density at radius 3 is 3.00 bits per heavy atom. The summed E-state index contributed by atoms with van der Waals surface area (Å²) >= 11 is 0. The minimum absolute atomic E-state index is 0.428. The maximum atomic E-state index is 11.5. The Bertz CT molecular complexity index is 252. The Morgan fingerprint density at radius 1 is 1.27 bits per heavy atom. The molecule has 0 amide bonds. The summed E-state index contributed by atoms with van der Waals surface area (Å²) in [6.45, 7) is 0. The van der Waals surface area contributed by atoms with Crippen molar-refractivity contribution in [3.8, 4) is 0 Å². The van der Waals surface area contributed by atoms with E-state index in [1.807, 2.05) is 0 Å². The van der Waals surface area contributed by atoms with Crippen LogP contribution in [0.15, 0.2) is 11.6 Å². The maximum absolute atomic E-state index is 11.5. The lowest BCUT2D eigenvalue weighted by molar-refractivity contribution is -0.117. The van der Waals surface area contributed by atoms with Crippen LogP contribution in [0.4, 0.5) is 0 Å². The van der Waals surface area contributed by atoms with Crippen LogP contribution in [0.2, 0.25) is 0 Å². The number of ketones is 1. The fourth-order valence-corrected chi connectivity index (χ4v) is 3.24. The monoisotopic (exact) mass is 148 g/mol. The molecule has 0 aromatic rings. The average molecular weight is 148 g/mol. The highest BCUT2D eigenvalue weighted by atomic mass is 16.1. The van der Waals surface area contributed by atoms with E-state index in [2.05, 4.69) is 6.08 Å². The van der Waals surface area contributed by atoms with Crippen LogP contribution < -0.4 is 0 Å². The first kappa shape index (κ1) is 5.99. The highest BCUT2D eigenvalue weighted by Crippen LogP contribution is 2.53. The fraction of sp³-hybridized carbons (Fsp3) is 0.700. The topological polar surface area (TPSA) is 17.1 Å². The van der Waals surface area contributed by atoms with Gasteiger partial charge in [0.05, 0.1) is 0 Å². The lowest BCUT2D eigenvalue weighted by Crippen LogP contribution is -2.12. The molecule has 0 N–H and O–H groups in total. The zero-order chi connectivity index (χ0) is 7.42. The minimum Gasteiger partial charge on any atom is -0.294 e. The van der Waals surface area contributed by atoms with Gasteiger partial charge in [0.2, 0.25) is 0 Å². The lowest BCUT2D eigenvalue weighted by atomic mass is 9.86. The Hall–Kier alpha value is -0.590. The first-order valence-corrected chi connectivity index (χ1v) is 4.62. The van der Waals surface area contributed by atoms with Crippen molar-refractivity contribution in [2.45, 2.75) is 25.7 Å². The predicted octanol–water partition coefficient (Wildman–Crippen LogP) is 1.93. The minimum atomic E-state index is 0.428. The van der Waals surface area contributed by atoms with E-state index in [4.69, 9.17) is 0 Å². The summed E-state index contributed by atoms with van der Waals surface area (Å²) in [6.07, 6.45) is 7.22. The highest BCUT2D eigenvalue weighted by molar-refractivity contribution is 6.02. The number of carbonyl (C=O) groups excluding carboxylic acids is 1. The number of fused-ring (bicyclic) bond motifs is 5. The number of hydrogen-bond acceptors (Lipinski definition) is 1. The molecule has 0 unspecified atom stereocenters. The molecule has 0 aromatic carbocycles. The van der Waals surface area contributed by atoms with Gasteiger partial charge in [-0.1, -0.05) is 12.5 Å². The predicted molar refractivity (Wildman–Crippen MR) is 42.0 cm³/mol. The SMILES string of the molecule is O=C1C2=CC[C@H]1[C@@H]1CCC[C@@H]21. The van der Waals surface area contributed by atoms with Gasteiger partial charge in [-0.05, 0) is 36.7 Å². The quantitative estimate of drug-likeness (QED) is 0.513. The van der Waals surface area contributed by atoms with E-state index in [0.29, 0.717) is 17.6 Å². The van der Waals surface area contributed by atoms with Crippen LogP contribution in [0.1, 0.15) is 25.7 Å². The van der Waals surface area contributed by atoms with Gasteiger partial charge in [0.25, 0.3) is 0 Å². The third-order valence-corrected chi connectivity index (χ3v) is 3.70. The van der Waals surface area contributed by atoms with Crippen LogP contribution in [0.25, 0.3) is 0 Å². The maximum Gasteiger partial charge on any atom is 0.162 e. The molecular formula is C10H12O. The highest BCUT2D eigenvalue weighted by Gasteiger charge is 2.50. The Kier molecular flexibility index (Phi) is 0.961. The second-order valence-corrected chi connectivity index (χ2v) is 4.07. The number of Topliss-reactive ketones (excluding diaryl/α,β-unsaturated/α-hetero) is 1. The molecule has 3 atom stereocenters. The number of carbonyl (C=O) groups is 1. The molecule has 2 saturated carbocycles. The summed E-state index contributed by atoms with van der Waals surface area (Å²) in [5, 5.41) is 0. The summed E-state index contributed by atoms with van der Waals surface area (Å²) in [7, 11) is 0. The number of hydrogen-bond donors (Lipinski definition) is 0. The molecule has 0 saturated heterocycles. The van der Waals surface area contributed by atoms with Crippen molar-refractivity contribution in [2.24, 2.45) is 17.8 Å². The zero-order valence-electron chi connectivity index (χ0n) is 6.55. The van der Waals surface area contributed by atoms with Gasteiger partial charge < -0.3 is 0 Å². The summed E-state index contributed by atoms with van der Waals surface area (Å²) in [5.74, 6) is 2.39. The van der Waals surface area contributed by atoms with E-state index in [1.165, 1.54) is 24.8 Å². The van der Waals surface area contributed by atoms with Crippen molar-refractivity contribution in [3.05, 3.63) is 11.6 Å². The van der Waals surface area contributed by atoms with Crippen molar-refractivity contribution in [3.63, 3.8) is 0 Å². The van der Waals surface area contributed by atoms with E-state index in [9.17, 15) is 4.79 Å². The molecule has 3 aliphatic carbocycles. The van der Waals surface area contributed by atoms with Crippen LogP contribution in [-0.2, 0) is 4.79 Å². The molecule has 2 bridgehead atoms. The molecule has 0 aromatic heterocycles. The standard InChI is InChI=1S/C10H12O/c11-10-8-4-5-9(10)7-3-1-2-6(7)8/h4,6-7,9H,1-3,5H2/t6-,7-,9+/m1/s1. The van der Waals surface area contributed by atoms with E-state index >= 15 is 0 Å². The Labute approximate surface area is 66.5 Å². The van der Waals surface area contributed by atoms with Crippen LogP contribution >= 0.6 is 0 Å². The largest absolute Gasteiger partial charge is 0.294 e. The molecule has 2 fully saturated rings. The first-order valence-electron chi connectivity index (χ1n) is 4.62. The lowest BCUT2D eigenvalue weighted by Gasteiger charge is -2.16. The fourth-order valence-electron chi connectivity index (χ4n) is 3.24. The van der Waals surface area contributed by atoms with Gasteiger partial charge in [-0.2, -0.15) is 0 Å². The smallest absolute Gasteiger partial charge is 0.162 e. The van der Waals surface area contributed by atoms with Gasteiger partial charge in [-0.15, -0.1) is 0 Å². The van der Waals surface area contributed by atoms with Gasteiger partial charge in [0.15, 0.2) is 5.78 Å². The molecular weight excluding hydrogens is 136 g/mol. The van der Waals surface area contributed by atoms with Crippen molar-refractivity contribution in [2.75, 3.05) is 0 Å². The third kappa shape index (κ3) is 0.559. The normalized spacial score (nSPS) is 46.4. The second-order valence-electron chi connectivity index (χ2n) is 4.07. The number of rotatable bonds is 0. The van der Waals surface area contributed by atoms with Gasteiger partial charge >= 0.3 is 0 Å². The van der Waals surface area contributed by atoms with Crippen LogP contribution in [0.5, 0.6) is 0 Å². The summed E-state index contributed by atoms with van der Waals surface area (Å²) < 4.78 is 0. The first-order chi connectivity index (χ1) is 5.38. The molecule has 3 aliphatic rings. The summed E-state index contributed by atoms with van der Waals surface area (Å²) in [6, 6.07) is 0. The van der Waals surface area contributed by atoms with Crippen LogP contribution in [0, 0.1) is 17.8 Å². The molecule has 58 valence electrons. The average Bonchev–Trinajstić information content (AvgIpc) is 2.61. The van der Waals surface area contributed by atoms with Crippen molar-refractivity contribution in [1.82, 2.24) is 0 Å². The van der Waals surface area contributed by atoms with E-state index < -0.39 is 0 Å². The van der Waals surface area contributed by atoms with Gasteiger partial charge in [-0.3, -0.25) is 4.79 Å². The van der Waals surface area contributed by atoms with Crippen LogP contribution in [-0.4, -0.2) is 5.78 Å². The van der Waals surface area contributed by atoms with E-state index in [0.717, 1.165) is 12.3 Å².